The summed E-state index contributed by atoms with van der Waals surface area (Å²) in [6.07, 6.45) is 7.91. The van der Waals surface area contributed by atoms with Crippen molar-refractivity contribution < 1.29 is 4.79 Å². The quantitative estimate of drug-likeness (QED) is 0.904. The second-order valence-corrected chi connectivity index (χ2v) is 5.33. The first-order chi connectivity index (χ1) is 9.81. The highest BCUT2D eigenvalue weighted by molar-refractivity contribution is 6.00. The topological polar surface area (TPSA) is 63.6 Å². The molecule has 0 radical (unpaired) electrons. The Balaban J connectivity index is 1.94. The molecule has 3 rings (SSSR count). The van der Waals surface area contributed by atoms with Gasteiger partial charge in [0.05, 0.1) is 17.3 Å². The molecular weight excluding hydrogens is 252 g/mol. The number of pyridine rings is 1. The van der Waals surface area contributed by atoms with Crippen LogP contribution in [-0.2, 0) is 0 Å². The first kappa shape index (κ1) is 13.1. The number of nitrogens with two attached hydrogens (primary N) is 1. The zero-order valence-electron chi connectivity index (χ0n) is 11.5. The van der Waals surface area contributed by atoms with Gasteiger partial charge in [0.15, 0.2) is 0 Å². The Morgan fingerprint density at radius 1 is 1.35 bits per heavy atom. The van der Waals surface area contributed by atoms with Gasteiger partial charge in [0.25, 0.3) is 5.91 Å². The summed E-state index contributed by atoms with van der Waals surface area (Å²) in [4.78, 5) is 14.8. The number of fused-ring (bicyclic) bond motifs is 1. The minimum absolute atomic E-state index is 0.0588. The number of carbonyl (C=O) groups excluding carboxylic acids is 1. The van der Waals surface area contributed by atoms with Gasteiger partial charge in [-0.2, -0.15) is 5.10 Å². The molecule has 3 heterocycles. The third-order valence-corrected chi connectivity index (χ3v) is 4.07. The molecule has 0 aromatic carbocycles. The van der Waals surface area contributed by atoms with Gasteiger partial charge >= 0.3 is 0 Å². The monoisotopic (exact) mass is 272 g/mol. The Morgan fingerprint density at radius 2 is 2.25 bits per heavy atom. The Morgan fingerprint density at radius 3 is 3.10 bits per heavy atom. The van der Waals surface area contributed by atoms with Gasteiger partial charge in [-0.25, -0.2) is 4.52 Å². The molecule has 1 saturated heterocycles. The number of aromatic nitrogens is 2. The summed E-state index contributed by atoms with van der Waals surface area (Å²) in [6.45, 7) is 1.33. The van der Waals surface area contributed by atoms with E-state index in [-0.39, 0.29) is 11.9 Å². The highest BCUT2D eigenvalue weighted by Crippen LogP contribution is 2.20. The summed E-state index contributed by atoms with van der Waals surface area (Å²) in [7, 11) is 0. The summed E-state index contributed by atoms with van der Waals surface area (Å²) in [5.41, 5.74) is 7.38. The predicted molar refractivity (Wildman–Crippen MR) is 77.5 cm³/mol. The van der Waals surface area contributed by atoms with Crippen molar-refractivity contribution in [1.29, 1.82) is 0 Å². The zero-order valence-corrected chi connectivity index (χ0v) is 11.5. The molecule has 0 spiro atoms. The van der Waals surface area contributed by atoms with Crippen LogP contribution in [-0.4, -0.2) is 39.6 Å². The van der Waals surface area contributed by atoms with E-state index in [1.54, 1.807) is 10.7 Å². The van der Waals surface area contributed by atoms with Crippen LogP contribution in [0.4, 0.5) is 0 Å². The summed E-state index contributed by atoms with van der Waals surface area (Å²) in [6, 6.07) is 5.92. The Kier molecular flexibility index (Phi) is 3.69. The smallest absolute Gasteiger partial charge is 0.257 e. The molecule has 20 heavy (non-hydrogen) atoms. The lowest BCUT2D eigenvalue weighted by Crippen LogP contribution is -2.44. The second-order valence-electron chi connectivity index (χ2n) is 5.33. The predicted octanol–water partition coefficient (Wildman–Crippen LogP) is 1.68. The largest absolute Gasteiger partial charge is 0.334 e. The van der Waals surface area contributed by atoms with Crippen molar-refractivity contribution >= 4 is 11.4 Å². The van der Waals surface area contributed by atoms with E-state index >= 15 is 0 Å². The standard InChI is InChI=1S/C15H20N4O/c16-10-12-6-2-1-4-8-18(12)15(20)13-11-17-19-9-5-3-7-14(13)19/h3,5,7,9,11-12H,1-2,4,6,8,10,16H2. The Hall–Kier alpha value is -1.88. The van der Waals surface area contributed by atoms with E-state index in [1.807, 2.05) is 29.3 Å². The van der Waals surface area contributed by atoms with Gasteiger partial charge < -0.3 is 10.6 Å². The zero-order chi connectivity index (χ0) is 13.9. The molecule has 5 heteroatoms. The molecule has 5 nitrogen and oxygen atoms in total. The fourth-order valence-corrected chi connectivity index (χ4v) is 2.94. The first-order valence-corrected chi connectivity index (χ1v) is 7.24. The van der Waals surface area contributed by atoms with Crippen molar-refractivity contribution in [2.75, 3.05) is 13.1 Å². The molecule has 2 aromatic heterocycles. The number of likely N-dealkylation sites (tertiary alicyclic amines) is 1. The average Bonchev–Trinajstić information content (AvgIpc) is 2.76. The average molecular weight is 272 g/mol. The van der Waals surface area contributed by atoms with Crippen LogP contribution in [0.3, 0.4) is 0 Å². The fourth-order valence-electron chi connectivity index (χ4n) is 2.94. The molecule has 1 unspecified atom stereocenters. The molecule has 2 aromatic rings. The molecule has 106 valence electrons. The van der Waals surface area contributed by atoms with E-state index in [2.05, 4.69) is 5.10 Å². The molecule has 1 aliphatic heterocycles. The minimum atomic E-state index is 0.0588. The normalized spacial score (nSPS) is 20.1. The van der Waals surface area contributed by atoms with Crippen LogP contribution < -0.4 is 5.73 Å². The van der Waals surface area contributed by atoms with Crippen LogP contribution >= 0.6 is 0 Å². The van der Waals surface area contributed by atoms with Crippen molar-refractivity contribution in [2.45, 2.75) is 31.7 Å². The second kappa shape index (κ2) is 5.63. The molecule has 0 aliphatic carbocycles. The number of hydrogen-bond donors (Lipinski definition) is 1. The van der Waals surface area contributed by atoms with Crippen LogP contribution in [0.15, 0.2) is 30.6 Å². The summed E-state index contributed by atoms with van der Waals surface area (Å²) in [5, 5.41) is 4.25. The Bertz CT molecular complexity index is 607. The SMILES string of the molecule is NCC1CCCCCN1C(=O)c1cnn2ccccc12. The van der Waals surface area contributed by atoms with Crippen molar-refractivity contribution in [3.8, 4) is 0 Å². The lowest BCUT2D eigenvalue weighted by molar-refractivity contribution is 0.0691. The van der Waals surface area contributed by atoms with Gasteiger partial charge in [-0.05, 0) is 25.0 Å². The third kappa shape index (κ3) is 2.29. The lowest BCUT2D eigenvalue weighted by Gasteiger charge is -2.28. The maximum Gasteiger partial charge on any atom is 0.257 e. The van der Waals surface area contributed by atoms with E-state index in [1.165, 1.54) is 6.42 Å². The molecule has 2 N–H and O–H groups in total. The highest BCUT2D eigenvalue weighted by atomic mass is 16.2. The van der Waals surface area contributed by atoms with Crippen molar-refractivity contribution in [3.05, 3.63) is 36.2 Å². The molecule has 1 atom stereocenters. The highest BCUT2D eigenvalue weighted by Gasteiger charge is 2.27. The van der Waals surface area contributed by atoms with E-state index in [0.717, 1.165) is 31.3 Å². The van der Waals surface area contributed by atoms with Crippen LogP contribution in [0.1, 0.15) is 36.0 Å². The van der Waals surface area contributed by atoms with E-state index in [0.29, 0.717) is 12.1 Å². The van der Waals surface area contributed by atoms with Gasteiger partial charge in [0.2, 0.25) is 0 Å². The number of carbonyl (C=O) groups is 1. The van der Waals surface area contributed by atoms with Gasteiger partial charge in [-0.15, -0.1) is 0 Å². The minimum Gasteiger partial charge on any atom is -0.334 e. The summed E-state index contributed by atoms with van der Waals surface area (Å²) >= 11 is 0. The molecule has 1 fully saturated rings. The number of nitrogens with zero attached hydrogens (tertiary/aromatic N) is 3. The van der Waals surface area contributed by atoms with Crippen molar-refractivity contribution in [3.63, 3.8) is 0 Å². The van der Waals surface area contributed by atoms with Gasteiger partial charge in [0.1, 0.15) is 0 Å². The maximum absolute atomic E-state index is 12.8. The lowest BCUT2D eigenvalue weighted by atomic mass is 10.1. The van der Waals surface area contributed by atoms with E-state index in [4.69, 9.17) is 5.73 Å². The number of rotatable bonds is 2. The maximum atomic E-state index is 12.8. The summed E-state index contributed by atoms with van der Waals surface area (Å²) < 4.78 is 1.74. The van der Waals surface area contributed by atoms with Crippen molar-refractivity contribution in [2.24, 2.45) is 5.73 Å². The number of amides is 1. The van der Waals surface area contributed by atoms with Crippen LogP contribution in [0.25, 0.3) is 5.52 Å². The molecule has 0 bridgehead atoms. The third-order valence-electron chi connectivity index (χ3n) is 4.07. The van der Waals surface area contributed by atoms with Crippen molar-refractivity contribution in [1.82, 2.24) is 14.5 Å². The molecule has 1 amide bonds. The molecule has 1 aliphatic rings. The first-order valence-electron chi connectivity index (χ1n) is 7.24. The molecule has 0 saturated carbocycles. The van der Waals surface area contributed by atoms with Gasteiger partial charge in [-0.1, -0.05) is 18.9 Å². The Labute approximate surface area is 118 Å². The van der Waals surface area contributed by atoms with Crippen LogP contribution in [0.2, 0.25) is 0 Å². The van der Waals surface area contributed by atoms with Crippen LogP contribution in [0.5, 0.6) is 0 Å². The van der Waals surface area contributed by atoms with Gasteiger partial charge in [0, 0.05) is 25.3 Å². The fraction of sp³-hybridized carbons (Fsp3) is 0.467. The van der Waals surface area contributed by atoms with E-state index in [9.17, 15) is 4.79 Å². The molecular formula is C15H20N4O. The van der Waals surface area contributed by atoms with Gasteiger partial charge in [-0.3, -0.25) is 4.79 Å². The van der Waals surface area contributed by atoms with Crippen LogP contribution in [0, 0.1) is 0 Å². The number of hydrogen-bond acceptors (Lipinski definition) is 3. The van der Waals surface area contributed by atoms with E-state index < -0.39 is 0 Å². The summed E-state index contributed by atoms with van der Waals surface area (Å²) in [5.74, 6) is 0.0588.